The fourth-order valence-electron chi connectivity index (χ4n) is 5.11. The van der Waals surface area contributed by atoms with Gasteiger partial charge in [0.1, 0.15) is 0 Å². The molecule has 1 aliphatic heterocycles. The lowest BCUT2D eigenvalue weighted by molar-refractivity contribution is 0.0894. The Morgan fingerprint density at radius 1 is 0.882 bits per heavy atom. The van der Waals surface area contributed by atoms with Crippen LogP contribution in [-0.2, 0) is 7.05 Å². The molecule has 2 heterocycles. The molecule has 5 rings (SSSR count). The molecule has 1 aromatic heterocycles. The Bertz CT molecular complexity index is 1220. The number of aromatic nitrogens is 1. The van der Waals surface area contributed by atoms with Crippen molar-refractivity contribution in [3.05, 3.63) is 107 Å². The summed E-state index contributed by atoms with van der Waals surface area (Å²) in [6.45, 7) is 4.67. The van der Waals surface area contributed by atoms with Crippen LogP contribution >= 0.6 is 11.6 Å². The van der Waals surface area contributed by atoms with Crippen molar-refractivity contribution in [2.45, 2.75) is 12.5 Å². The van der Waals surface area contributed by atoms with Crippen molar-refractivity contribution < 1.29 is 4.79 Å². The predicted octanol–water partition coefficient (Wildman–Crippen LogP) is 5.81. The van der Waals surface area contributed by atoms with Crippen LogP contribution in [0.15, 0.2) is 85.1 Å². The van der Waals surface area contributed by atoms with Crippen LogP contribution in [0.3, 0.4) is 0 Å². The third-order valence-corrected chi connectivity index (χ3v) is 7.14. The van der Waals surface area contributed by atoms with Crippen LogP contribution in [0.2, 0.25) is 5.02 Å². The van der Waals surface area contributed by atoms with E-state index in [4.69, 9.17) is 11.6 Å². The quantitative estimate of drug-likeness (QED) is 0.318. The smallest absolute Gasteiger partial charge is 0.166 e. The van der Waals surface area contributed by atoms with Gasteiger partial charge in [-0.3, -0.25) is 9.69 Å². The van der Waals surface area contributed by atoms with Gasteiger partial charge in [-0.25, -0.2) is 0 Å². The van der Waals surface area contributed by atoms with E-state index >= 15 is 0 Å². The van der Waals surface area contributed by atoms with E-state index in [0.717, 1.165) is 49.2 Å². The molecule has 0 unspecified atom stereocenters. The van der Waals surface area contributed by atoms with E-state index in [2.05, 4.69) is 70.5 Å². The highest BCUT2D eigenvalue weighted by atomic mass is 35.5. The number of hydrogen-bond acceptors (Lipinski definition) is 3. The van der Waals surface area contributed by atoms with Crippen molar-refractivity contribution in [1.82, 2.24) is 14.4 Å². The normalized spacial score (nSPS) is 15.3. The summed E-state index contributed by atoms with van der Waals surface area (Å²) in [5.74, 6) is 0.182. The zero-order valence-corrected chi connectivity index (χ0v) is 20.3. The second kappa shape index (κ2) is 10.1. The number of hydrogen-bond donors (Lipinski definition) is 0. The average molecular weight is 472 g/mol. The maximum absolute atomic E-state index is 13.1. The van der Waals surface area contributed by atoms with Gasteiger partial charge in [0.05, 0.1) is 6.04 Å². The average Bonchev–Trinajstić information content (AvgIpc) is 3.20. The Hall–Kier alpha value is -2.92. The van der Waals surface area contributed by atoms with Gasteiger partial charge >= 0.3 is 0 Å². The number of nitrogens with zero attached hydrogens (tertiary/aromatic N) is 3. The highest BCUT2D eigenvalue weighted by Gasteiger charge is 2.26. The molecule has 0 aliphatic carbocycles. The lowest BCUT2D eigenvalue weighted by Gasteiger charge is -2.39. The molecule has 0 N–H and O–H groups in total. The number of fused-ring (bicyclic) bond motifs is 1. The van der Waals surface area contributed by atoms with Crippen molar-refractivity contribution in [1.29, 1.82) is 0 Å². The summed E-state index contributed by atoms with van der Waals surface area (Å²) in [6, 6.07) is 27.5. The molecule has 4 nitrogen and oxygen atoms in total. The molecular weight excluding hydrogens is 442 g/mol. The van der Waals surface area contributed by atoms with Crippen molar-refractivity contribution in [2.24, 2.45) is 7.05 Å². The van der Waals surface area contributed by atoms with E-state index in [1.807, 2.05) is 36.0 Å². The Labute approximate surface area is 206 Å². The minimum atomic E-state index is 0.182. The number of rotatable bonds is 7. The Morgan fingerprint density at radius 2 is 1.50 bits per heavy atom. The number of aryl methyl sites for hydroxylation is 1. The van der Waals surface area contributed by atoms with Crippen LogP contribution < -0.4 is 0 Å². The lowest BCUT2D eigenvalue weighted by Crippen LogP contribution is -2.48. The van der Waals surface area contributed by atoms with E-state index in [1.165, 1.54) is 11.1 Å². The second-order valence-corrected chi connectivity index (χ2v) is 9.53. The van der Waals surface area contributed by atoms with Gasteiger partial charge in [0, 0.05) is 73.9 Å². The molecule has 1 aliphatic rings. The van der Waals surface area contributed by atoms with E-state index in [1.54, 1.807) is 0 Å². The zero-order valence-electron chi connectivity index (χ0n) is 19.5. The van der Waals surface area contributed by atoms with Gasteiger partial charge in [-0.1, -0.05) is 72.3 Å². The molecule has 0 bridgehead atoms. The number of carbonyl (C=O) groups excluding carboxylic acids is 1. The first-order valence-electron chi connectivity index (χ1n) is 11.9. The van der Waals surface area contributed by atoms with Crippen LogP contribution in [0.25, 0.3) is 10.9 Å². The third-order valence-electron chi connectivity index (χ3n) is 6.91. The van der Waals surface area contributed by atoms with Gasteiger partial charge in [0.15, 0.2) is 5.78 Å². The van der Waals surface area contributed by atoms with Gasteiger partial charge in [-0.05, 0) is 29.3 Å². The molecule has 34 heavy (non-hydrogen) atoms. The first-order chi connectivity index (χ1) is 16.6. The highest BCUT2D eigenvalue weighted by molar-refractivity contribution is 6.31. The summed E-state index contributed by atoms with van der Waals surface area (Å²) in [5, 5.41) is 1.61. The maximum atomic E-state index is 13.1. The molecule has 0 spiro atoms. The molecule has 1 saturated heterocycles. The van der Waals surface area contributed by atoms with E-state index in [0.29, 0.717) is 11.4 Å². The molecule has 0 radical (unpaired) electrons. The van der Waals surface area contributed by atoms with Gasteiger partial charge < -0.3 is 9.47 Å². The molecule has 1 fully saturated rings. The second-order valence-electron chi connectivity index (χ2n) is 9.09. The first kappa shape index (κ1) is 22.9. The fraction of sp³-hybridized carbons (Fsp3) is 0.276. The summed E-state index contributed by atoms with van der Waals surface area (Å²) in [4.78, 5) is 18.1. The van der Waals surface area contributed by atoms with E-state index < -0.39 is 0 Å². The summed E-state index contributed by atoms with van der Waals surface area (Å²) in [5.41, 5.74) is 4.46. The van der Waals surface area contributed by atoms with Crippen molar-refractivity contribution in [3.63, 3.8) is 0 Å². The summed E-state index contributed by atoms with van der Waals surface area (Å²) in [7, 11) is 1.97. The topological polar surface area (TPSA) is 28.5 Å². The molecule has 174 valence electrons. The zero-order chi connectivity index (χ0) is 23.5. The summed E-state index contributed by atoms with van der Waals surface area (Å²) < 4.78 is 2.00. The van der Waals surface area contributed by atoms with Crippen molar-refractivity contribution in [3.8, 4) is 0 Å². The lowest BCUT2D eigenvalue weighted by atomic mass is 9.96. The van der Waals surface area contributed by atoms with Crippen LogP contribution in [0, 0.1) is 0 Å². The predicted molar refractivity (Wildman–Crippen MR) is 140 cm³/mol. The monoisotopic (exact) mass is 471 g/mol. The standard InChI is InChI=1S/C29H30ClN3O/c1-31-21-26(25-20-24(30)12-13-27(25)31)28(34)14-15-32-16-18-33(19-17-32)29(22-8-4-2-5-9-22)23-10-6-3-7-11-23/h2-13,20-21,29H,14-19H2,1H3. The van der Waals surface area contributed by atoms with Gasteiger partial charge in [0.2, 0.25) is 0 Å². The Morgan fingerprint density at radius 3 is 2.12 bits per heavy atom. The minimum absolute atomic E-state index is 0.182. The molecule has 4 aromatic rings. The first-order valence-corrected chi connectivity index (χ1v) is 12.3. The molecule has 3 aromatic carbocycles. The molecule has 0 amide bonds. The number of halogens is 1. The fourth-order valence-corrected chi connectivity index (χ4v) is 5.28. The van der Waals surface area contributed by atoms with Gasteiger partial charge in [-0.2, -0.15) is 0 Å². The number of Topliss-reactive ketones (excluding diaryl/α,β-unsaturated/α-hetero) is 1. The maximum Gasteiger partial charge on any atom is 0.166 e. The third kappa shape index (κ3) is 4.80. The highest BCUT2D eigenvalue weighted by Crippen LogP contribution is 2.30. The Kier molecular flexibility index (Phi) is 6.82. The Balaban J connectivity index is 1.23. The molecule has 0 saturated carbocycles. The number of ketones is 1. The van der Waals surface area contributed by atoms with Crippen LogP contribution in [0.5, 0.6) is 0 Å². The van der Waals surface area contributed by atoms with Crippen molar-refractivity contribution in [2.75, 3.05) is 32.7 Å². The van der Waals surface area contributed by atoms with Gasteiger partial charge in [0.25, 0.3) is 0 Å². The number of benzene rings is 3. The minimum Gasteiger partial charge on any atom is -0.350 e. The van der Waals surface area contributed by atoms with Crippen LogP contribution in [0.4, 0.5) is 0 Å². The van der Waals surface area contributed by atoms with Crippen LogP contribution in [0.1, 0.15) is 33.9 Å². The van der Waals surface area contributed by atoms with E-state index in [-0.39, 0.29) is 11.8 Å². The van der Waals surface area contributed by atoms with Crippen molar-refractivity contribution >= 4 is 28.3 Å². The number of carbonyl (C=O) groups is 1. The SMILES string of the molecule is Cn1cc(C(=O)CCN2CCN(C(c3ccccc3)c3ccccc3)CC2)c2cc(Cl)ccc21. The van der Waals surface area contributed by atoms with Crippen LogP contribution in [-0.4, -0.2) is 52.9 Å². The molecule has 5 heteroatoms. The van der Waals surface area contributed by atoms with Gasteiger partial charge in [-0.15, -0.1) is 0 Å². The molecule has 0 atom stereocenters. The molecular formula is C29H30ClN3O. The number of piperazine rings is 1. The summed E-state index contributed by atoms with van der Waals surface area (Å²) in [6.07, 6.45) is 2.46. The van der Waals surface area contributed by atoms with E-state index in [9.17, 15) is 4.79 Å². The summed E-state index contributed by atoms with van der Waals surface area (Å²) >= 11 is 6.20. The largest absolute Gasteiger partial charge is 0.350 e.